The third kappa shape index (κ3) is 23.5. The summed E-state index contributed by atoms with van der Waals surface area (Å²) in [5, 5.41) is 73.7. The van der Waals surface area contributed by atoms with Crippen LogP contribution in [0.5, 0.6) is 0 Å². The van der Waals surface area contributed by atoms with Crippen molar-refractivity contribution in [2.75, 3.05) is 47.5 Å². The number of carbonyl (C=O) groups is 8. The van der Waals surface area contributed by atoms with Gasteiger partial charge in [0.2, 0.25) is 41.4 Å². The Hall–Kier alpha value is -8.63. The molecule has 9 aliphatic rings. The van der Waals surface area contributed by atoms with E-state index in [1.165, 1.54) is 54.6 Å². The van der Waals surface area contributed by atoms with Gasteiger partial charge < -0.3 is 78.9 Å². The van der Waals surface area contributed by atoms with Crippen molar-refractivity contribution in [3.63, 3.8) is 0 Å². The lowest BCUT2D eigenvalue weighted by molar-refractivity contribution is -0.125. The molecule has 4 spiro atoms. The van der Waals surface area contributed by atoms with Crippen LogP contribution in [0.1, 0.15) is 256 Å². The minimum atomic E-state index is -1.46. The van der Waals surface area contributed by atoms with E-state index < -0.39 is 159 Å². The number of ketones is 1. The number of fused-ring (bicyclic) bond motifs is 8. The lowest BCUT2D eigenvalue weighted by Gasteiger charge is -2.43. The fourth-order valence-electron chi connectivity index (χ4n) is 24.6. The molecule has 8 aromatic carbocycles. The summed E-state index contributed by atoms with van der Waals surface area (Å²) in [6.45, 7) is 33.0. The van der Waals surface area contributed by atoms with Crippen molar-refractivity contribution < 1.29 is 80.7 Å². The third-order valence-electron chi connectivity index (χ3n) is 30.6. The molecule has 8 aliphatic heterocycles. The molecule has 1 saturated carbocycles. The second kappa shape index (κ2) is 45.4. The number of benzene rings is 8. The molecule has 0 bridgehead atoms. The Morgan fingerprint density at radius 2 is 0.711 bits per heavy atom. The van der Waals surface area contributed by atoms with E-state index in [0.717, 1.165) is 18.4 Å². The number of Topliss-reactive ketones (excluding diaryl/α,β-unsaturated/α-hetero) is 1. The molecule has 17 rings (SSSR count). The summed E-state index contributed by atoms with van der Waals surface area (Å²) in [7, 11) is 0. The number of amides is 7. The van der Waals surface area contributed by atoms with E-state index in [1.807, 2.05) is 46.8 Å². The molecule has 19 atom stereocenters. The predicted molar refractivity (Wildman–Crippen MR) is 577 cm³/mol. The number of hydrogen-bond acceptors (Lipinski definition) is 16. The van der Waals surface area contributed by atoms with Gasteiger partial charge in [-0.15, -0.1) is 0 Å². The first-order chi connectivity index (χ1) is 69.8. The Labute approximate surface area is 907 Å². The van der Waals surface area contributed by atoms with Crippen molar-refractivity contribution >= 4 is 163 Å². The highest BCUT2D eigenvalue weighted by Gasteiger charge is 2.71. The van der Waals surface area contributed by atoms with Crippen LogP contribution >= 0.6 is 92.8 Å². The van der Waals surface area contributed by atoms with Gasteiger partial charge in [-0.2, -0.15) is 0 Å². The van der Waals surface area contributed by atoms with Gasteiger partial charge in [0.15, 0.2) is 5.78 Å². The van der Waals surface area contributed by atoms with Crippen LogP contribution in [0.25, 0.3) is 0 Å². The Morgan fingerprint density at radius 1 is 0.383 bits per heavy atom. The zero-order valence-electron chi connectivity index (χ0n) is 86.3. The maximum atomic E-state index is 15.8. The van der Waals surface area contributed by atoms with Crippen molar-refractivity contribution in [1.29, 1.82) is 0 Å². The summed E-state index contributed by atoms with van der Waals surface area (Å²) < 4.78 is 75.5. The standard InChI is InChI=1S/C30H35Cl2FN2O2.2C28H34Cl2FN3O3.C27H31Cl2F2N3O4/c1-28(2,3)15-23-30(19-10-9-17(31)12-21(19)34-27(30)37)24(18-7-6-8-20(32)25(18)33)26(35-23)22(36)11-16-13-29(4,5)14-16;1-5-17(35)9-10-32-25(36)24-23(15-7-6-8-16(29)11-15)28(22(34-24)14-27(2,3)4)18-12-20(31)19(30)13-21(18)33-26(28)37;1-5-16(35)11-12-32-25(36)24-22(17-7-6-8-19(30)23(17)31)28(21(34-24)14-27(2,3)4)18-10-9-15(29)13-20(18)33-26(28)37;1-26(2,3)11-21-27(15-9-19(31)17(29)10-20(15)33-25(27)38)22(13-4-5-18(30)16(28)8-13)23(34-21)24(37)32-7-6-14(36)12-35/h6-10,12,16,23-24,26,35H,11,13-15H2,1-5H3,(H,34,37);6-8,11-13,17,22-24,34-35H,5,9-10,14H2,1-4H3,(H,32,36)(H,33,37);6-10,13,16,21-22,24,34-35H,5,11-12,14H2,1-4H3,(H,32,36)(H,33,37);4-5,8-10,14,21-23,34-36H,6-7,11-12H2,1-3H3,(H,32,37)(H,33,38)/t23-,24+,26+,30+;17-,22-,23+,24-,28+;16-,21-,22+,24-,28+;14-,21+,22-,23+,27-/m1110/s1. The van der Waals surface area contributed by atoms with E-state index in [9.17, 15) is 66.8 Å². The first kappa shape index (κ1) is 116. The van der Waals surface area contributed by atoms with Crippen LogP contribution in [0.4, 0.5) is 44.7 Å². The van der Waals surface area contributed by atoms with Crippen LogP contribution in [-0.2, 0) is 60.0 Å². The van der Waals surface area contributed by atoms with Crippen LogP contribution < -0.4 is 58.5 Å². The van der Waals surface area contributed by atoms with Gasteiger partial charge in [0, 0.05) is 112 Å². The average Bonchev–Trinajstić information content (AvgIpc) is 1.54. The number of carbonyl (C=O) groups excluding carboxylic acids is 8. The van der Waals surface area contributed by atoms with Gasteiger partial charge in [-0.05, 0) is 233 Å². The third-order valence-corrected chi connectivity index (χ3v) is 32.8. The van der Waals surface area contributed by atoms with Crippen LogP contribution in [0, 0.1) is 62.1 Å². The molecule has 0 aromatic heterocycles. The fraction of sp³-hybridized carbons (Fsp3) is 0.504. The summed E-state index contributed by atoms with van der Waals surface area (Å²) in [6.07, 6.45) is 4.55. The number of rotatable bonds is 26. The molecule has 4 saturated heterocycles. The number of hydrogen-bond donors (Lipinski definition) is 15. The largest absolute Gasteiger partial charge is 0.394 e. The van der Waals surface area contributed by atoms with Gasteiger partial charge in [-0.25, -0.2) is 22.0 Å². The molecule has 149 heavy (non-hydrogen) atoms. The number of halogens is 13. The molecule has 15 N–H and O–H groups in total. The quantitative estimate of drug-likeness (QED) is 0.0224. The molecule has 7 amide bonds. The minimum absolute atomic E-state index is 0.0198. The molecule has 36 heteroatoms. The SMILES string of the molecule is CC(C)(C)C[C@H]1N[C@@H](C(=O)CC2CC(C)(C)C2)[C@H](c2cccc(Cl)c2F)[C@@]12C(=O)Nc1cc(Cl)ccc12.CC(C)(C)C[C@H]1N[C@@H](C(=O)NCC[C@H](O)CO)[C@H](c2ccc(F)c(Cl)c2)[C@@]12C(=O)Nc1cc(Cl)c(F)cc12.CC[C@@H](O)CCNC(=O)[C@@H]1N[C@H](CC(C)(C)C)[C@]2(C(=O)Nc3cc(Cl)c(F)cc32)[C@H]1c1cccc(Cl)c1.CC[C@@H](O)CCNC(=O)[C@@H]1N[C@H](CC(C)(C)C)[C@]2(C(=O)Nc3cc(Cl)ccc32)[C@H]1c1cccc(Cl)c1F. The molecule has 1 aliphatic carbocycles. The Bertz CT molecular complexity index is 6430. The Balaban J connectivity index is 0.000000157. The van der Waals surface area contributed by atoms with E-state index in [1.54, 1.807) is 72.8 Å². The molecule has 23 nitrogen and oxygen atoms in total. The normalized spacial score (nSPS) is 26.4. The number of aliphatic hydroxyl groups is 4. The number of aliphatic hydroxyl groups excluding tert-OH is 4. The second-order valence-corrected chi connectivity index (χ2v) is 50.2. The zero-order valence-corrected chi connectivity index (χ0v) is 92.3. The molecule has 0 radical (unpaired) electrons. The second-order valence-electron chi connectivity index (χ2n) is 46.9. The summed E-state index contributed by atoms with van der Waals surface area (Å²) in [4.78, 5) is 111. The number of anilines is 4. The topological polar surface area (TPSA) is 350 Å². The van der Waals surface area contributed by atoms with E-state index in [4.69, 9.17) is 97.9 Å². The van der Waals surface area contributed by atoms with Crippen LogP contribution in [0.15, 0.2) is 140 Å². The number of nitrogens with one attached hydrogen (secondary N) is 11. The van der Waals surface area contributed by atoms with E-state index in [0.29, 0.717) is 135 Å². The monoisotopic (exact) mass is 2210 g/mol. The van der Waals surface area contributed by atoms with Crippen molar-refractivity contribution in [2.45, 2.75) is 300 Å². The van der Waals surface area contributed by atoms with Crippen molar-refractivity contribution in [1.82, 2.24) is 37.2 Å². The molecular weight excluding hydrogens is 2080 g/mol. The highest BCUT2D eigenvalue weighted by atomic mass is 35.5. The van der Waals surface area contributed by atoms with E-state index in [2.05, 4.69) is 135 Å². The van der Waals surface area contributed by atoms with Crippen molar-refractivity contribution in [2.24, 2.45) is 33.0 Å². The van der Waals surface area contributed by atoms with Gasteiger partial charge in [-0.1, -0.05) is 258 Å². The Kier molecular flexibility index (Phi) is 35.3. The predicted octanol–water partition coefficient (Wildman–Crippen LogP) is 21.5. The van der Waals surface area contributed by atoms with Gasteiger partial charge in [-0.3, -0.25) is 38.4 Å². The van der Waals surface area contributed by atoms with Gasteiger partial charge in [0.1, 0.15) is 50.7 Å². The molecule has 0 unspecified atom stereocenters. The van der Waals surface area contributed by atoms with Gasteiger partial charge in [0.25, 0.3) is 0 Å². The van der Waals surface area contributed by atoms with Crippen molar-refractivity contribution in [3.05, 3.63) is 253 Å². The summed E-state index contributed by atoms with van der Waals surface area (Å²) >= 11 is 49.7. The maximum Gasteiger partial charge on any atom is 0.237 e. The lowest BCUT2D eigenvalue weighted by Crippen LogP contribution is -2.49. The summed E-state index contributed by atoms with van der Waals surface area (Å²) in [5.41, 5.74) is -0.0819. The van der Waals surface area contributed by atoms with E-state index in [-0.39, 0.29) is 119 Å². The van der Waals surface area contributed by atoms with Crippen LogP contribution in [-0.4, -0.2) is 160 Å². The Morgan fingerprint density at radius 3 is 1.07 bits per heavy atom. The highest BCUT2D eigenvalue weighted by Crippen LogP contribution is 2.64. The van der Waals surface area contributed by atoms with Crippen LogP contribution in [0.3, 0.4) is 0 Å². The fourth-order valence-corrected chi connectivity index (χ4v) is 26.0. The van der Waals surface area contributed by atoms with Gasteiger partial charge in [0.05, 0.1) is 74.2 Å². The molecule has 8 heterocycles. The first-order valence-corrected chi connectivity index (χ1v) is 53.8. The van der Waals surface area contributed by atoms with E-state index >= 15 is 8.78 Å². The molecule has 8 aromatic rings. The van der Waals surface area contributed by atoms with Crippen molar-refractivity contribution in [3.8, 4) is 0 Å². The lowest BCUT2D eigenvalue weighted by atomic mass is 9.60. The summed E-state index contributed by atoms with van der Waals surface area (Å²) in [5.74, 6) is -8.57. The average molecular weight is 2220 g/mol. The maximum absolute atomic E-state index is 15.8. The smallest absolute Gasteiger partial charge is 0.237 e. The minimum Gasteiger partial charge on any atom is -0.394 e. The molecular formula is C113H134Cl8F5N11O12. The zero-order chi connectivity index (χ0) is 109. The highest BCUT2D eigenvalue weighted by molar-refractivity contribution is 6.34. The van der Waals surface area contributed by atoms with Gasteiger partial charge >= 0.3 is 0 Å². The summed E-state index contributed by atoms with van der Waals surface area (Å²) in [6, 6.07) is 31.1. The molecule has 804 valence electrons. The van der Waals surface area contributed by atoms with Crippen LogP contribution in [0.2, 0.25) is 40.2 Å². The molecule has 5 fully saturated rings. The first-order valence-electron chi connectivity index (χ1n) is 50.8.